The molecule has 1 fully saturated rings. The lowest BCUT2D eigenvalue weighted by Crippen LogP contribution is -2.28. The van der Waals surface area contributed by atoms with Gasteiger partial charge in [0.25, 0.3) is 0 Å². The Labute approximate surface area is 148 Å². The summed E-state index contributed by atoms with van der Waals surface area (Å²) in [6.07, 6.45) is 6.94. The zero-order valence-electron chi connectivity index (χ0n) is 14.3. The molecule has 0 bridgehead atoms. The summed E-state index contributed by atoms with van der Waals surface area (Å²) in [4.78, 5) is 11.5. The van der Waals surface area contributed by atoms with Gasteiger partial charge in [-0.15, -0.1) is 0 Å². The summed E-state index contributed by atoms with van der Waals surface area (Å²) in [5.74, 6) is 2.72. The predicted molar refractivity (Wildman–Crippen MR) is 97.9 cm³/mol. The van der Waals surface area contributed by atoms with Crippen molar-refractivity contribution >= 4 is 0 Å². The van der Waals surface area contributed by atoms with Crippen LogP contribution in [-0.2, 0) is 19.5 Å². The van der Waals surface area contributed by atoms with Gasteiger partial charge in [-0.3, -0.25) is 9.88 Å². The standard InChI is InChI=1S/C21H22N4/c1-2-4-17(5-3-1)20-11-23-21-10-18-13-24(14-19(18)15-25(20)21)12-16-6-8-22-9-7-16/h1-9,11,18-19H,10,12-15H2/t18-,19+/m1/s1. The van der Waals surface area contributed by atoms with E-state index in [1.807, 2.05) is 12.4 Å². The maximum atomic E-state index is 4.74. The Bertz CT molecular complexity index is 856. The van der Waals surface area contributed by atoms with E-state index in [1.54, 1.807) is 0 Å². The fourth-order valence-electron chi connectivity index (χ4n) is 4.44. The largest absolute Gasteiger partial charge is 0.328 e. The number of imidazole rings is 1. The molecule has 2 atom stereocenters. The fraction of sp³-hybridized carbons (Fsp3) is 0.333. The van der Waals surface area contributed by atoms with Crippen LogP contribution in [0.3, 0.4) is 0 Å². The van der Waals surface area contributed by atoms with Crippen LogP contribution in [0.5, 0.6) is 0 Å². The van der Waals surface area contributed by atoms with Crippen LogP contribution < -0.4 is 0 Å². The van der Waals surface area contributed by atoms with E-state index in [2.05, 4.69) is 63.1 Å². The topological polar surface area (TPSA) is 34.0 Å². The van der Waals surface area contributed by atoms with Crippen molar-refractivity contribution in [2.75, 3.05) is 13.1 Å². The number of hydrogen-bond acceptors (Lipinski definition) is 3. The molecule has 0 spiro atoms. The molecule has 4 heterocycles. The lowest BCUT2D eigenvalue weighted by atomic mass is 9.89. The Morgan fingerprint density at radius 2 is 1.72 bits per heavy atom. The van der Waals surface area contributed by atoms with Crippen molar-refractivity contribution in [2.24, 2.45) is 11.8 Å². The molecule has 2 aromatic heterocycles. The molecular formula is C21H22N4. The van der Waals surface area contributed by atoms with Gasteiger partial charge in [0.2, 0.25) is 0 Å². The molecule has 1 saturated heterocycles. The van der Waals surface area contributed by atoms with Crippen molar-refractivity contribution in [3.8, 4) is 11.3 Å². The summed E-state index contributed by atoms with van der Waals surface area (Å²) in [6.45, 7) is 4.49. The second-order valence-corrected chi connectivity index (χ2v) is 7.31. The first-order chi connectivity index (χ1) is 12.4. The molecular weight excluding hydrogens is 308 g/mol. The molecule has 0 N–H and O–H groups in total. The third-order valence-corrected chi connectivity index (χ3v) is 5.68. The van der Waals surface area contributed by atoms with E-state index in [-0.39, 0.29) is 0 Å². The van der Waals surface area contributed by atoms with Gasteiger partial charge in [-0.1, -0.05) is 30.3 Å². The van der Waals surface area contributed by atoms with Gasteiger partial charge < -0.3 is 4.57 Å². The Kier molecular flexibility index (Phi) is 3.63. The first kappa shape index (κ1) is 14.8. The summed E-state index contributed by atoms with van der Waals surface area (Å²) in [7, 11) is 0. The number of likely N-dealkylation sites (tertiary alicyclic amines) is 1. The smallest absolute Gasteiger partial charge is 0.109 e. The number of nitrogens with zero attached hydrogens (tertiary/aromatic N) is 4. The van der Waals surface area contributed by atoms with Gasteiger partial charge in [0.05, 0.1) is 11.9 Å². The molecule has 126 valence electrons. The molecule has 25 heavy (non-hydrogen) atoms. The molecule has 0 amide bonds. The Morgan fingerprint density at radius 3 is 2.56 bits per heavy atom. The minimum Gasteiger partial charge on any atom is -0.328 e. The lowest BCUT2D eigenvalue weighted by Gasteiger charge is -2.27. The van der Waals surface area contributed by atoms with E-state index in [0.717, 1.165) is 31.3 Å². The highest BCUT2D eigenvalue weighted by Gasteiger charge is 2.37. The normalized spacial score (nSPS) is 22.6. The summed E-state index contributed by atoms with van der Waals surface area (Å²) in [5, 5.41) is 0. The van der Waals surface area contributed by atoms with Crippen molar-refractivity contribution in [2.45, 2.75) is 19.5 Å². The molecule has 1 aromatic carbocycles. The molecule has 5 rings (SSSR count). The van der Waals surface area contributed by atoms with Crippen LogP contribution in [0.2, 0.25) is 0 Å². The molecule has 0 unspecified atom stereocenters. The number of aromatic nitrogens is 3. The third-order valence-electron chi connectivity index (χ3n) is 5.68. The Balaban J connectivity index is 1.35. The van der Waals surface area contributed by atoms with Crippen LogP contribution in [0.25, 0.3) is 11.3 Å². The molecule has 3 aromatic rings. The number of benzene rings is 1. The summed E-state index contributed by atoms with van der Waals surface area (Å²) < 4.78 is 2.45. The quantitative estimate of drug-likeness (QED) is 0.739. The number of fused-ring (bicyclic) bond motifs is 2. The van der Waals surface area contributed by atoms with Crippen molar-refractivity contribution in [1.29, 1.82) is 0 Å². The molecule has 4 nitrogen and oxygen atoms in total. The van der Waals surface area contributed by atoms with Crippen LogP contribution in [0, 0.1) is 11.8 Å². The van der Waals surface area contributed by atoms with Crippen molar-refractivity contribution < 1.29 is 0 Å². The van der Waals surface area contributed by atoms with E-state index in [0.29, 0.717) is 0 Å². The number of pyridine rings is 1. The van der Waals surface area contributed by atoms with Gasteiger partial charge in [-0.25, -0.2) is 4.98 Å². The lowest BCUT2D eigenvalue weighted by molar-refractivity contribution is 0.307. The van der Waals surface area contributed by atoms with E-state index in [1.165, 1.54) is 35.7 Å². The van der Waals surface area contributed by atoms with Gasteiger partial charge in [-0.2, -0.15) is 0 Å². The predicted octanol–water partition coefficient (Wildman–Crippen LogP) is 3.25. The highest BCUT2D eigenvalue weighted by atomic mass is 15.2. The zero-order valence-corrected chi connectivity index (χ0v) is 14.3. The van der Waals surface area contributed by atoms with E-state index in [9.17, 15) is 0 Å². The molecule has 4 heteroatoms. The monoisotopic (exact) mass is 330 g/mol. The Hall–Kier alpha value is -2.46. The van der Waals surface area contributed by atoms with Crippen molar-refractivity contribution in [3.63, 3.8) is 0 Å². The molecule has 2 aliphatic heterocycles. The van der Waals surface area contributed by atoms with Gasteiger partial charge >= 0.3 is 0 Å². The summed E-state index contributed by atoms with van der Waals surface area (Å²) >= 11 is 0. The summed E-state index contributed by atoms with van der Waals surface area (Å²) in [5.41, 5.74) is 3.89. The molecule has 0 aliphatic carbocycles. The fourth-order valence-corrected chi connectivity index (χ4v) is 4.44. The van der Waals surface area contributed by atoms with Gasteiger partial charge in [0, 0.05) is 45.0 Å². The van der Waals surface area contributed by atoms with Gasteiger partial charge in [0.1, 0.15) is 5.82 Å². The van der Waals surface area contributed by atoms with Crippen LogP contribution in [0.4, 0.5) is 0 Å². The van der Waals surface area contributed by atoms with E-state index in [4.69, 9.17) is 4.98 Å². The maximum Gasteiger partial charge on any atom is 0.109 e. The average Bonchev–Trinajstić information content (AvgIpc) is 3.24. The van der Waals surface area contributed by atoms with Gasteiger partial charge in [0.15, 0.2) is 0 Å². The first-order valence-corrected chi connectivity index (χ1v) is 9.08. The number of rotatable bonds is 3. The SMILES string of the molecule is c1ccc(-c2cnc3n2C[C@@H]2CN(Cc4ccncc4)C[C@H]2C3)cc1. The summed E-state index contributed by atoms with van der Waals surface area (Å²) in [6, 6.07) is 14.9. The highest BCUT2D eigenvalue weighted by molar-refractivity contribution is 5.59. The van der Waals surface area contributed by atoms with Crippen molar-refractivity contribution in [1.82, 2.24) is 19.4 Å². The Morgan fingerprint density at radius 1 is 0.920 bits per heavy atom. The van der Waals surface area contributed by atoms with E-state index < -0.39 is 0 Å². The van der Waals surface area contributed by atoms with Crippen LogP contribution in [-0.4, -0.2) is 32.5 Å². The van der Waals surface area contributed by atoms with Crippen LogP contribution in [0.15, 0.2) is 61.1 Å². The second-order valence-electron chi connectivity index (χ2n) is 7.31. The molecule has 0 saturated carbocycles. The minimum atomic E-state index is 0.728. The van der Waals surface area contributed by atoms with Crippen LogP contribution in [0.1, 0.15) is 11.4 Å². The average molecular weight is 330 g/mol. The molecule has 0 radical (unpaired) electrons. The second kappa shape index (κ2) is 6.12. The zero-order chi connectivity index (χ0) is 16.6. The minimum absolute atomic E-state index is 0.728. The maximum absolute atomic E-state index is 4.74. The third kappa shape index (κ3) is 2.76. The van der Waals surface area contributed by atoms with E-state index >= 15 is 0 Å². The highest BCUT2D eigenvalue weighted by Crippen LogP contribution is 2.35. The number of hydrogen-bond donors (Lipinski definition) is 0. The first-order valence-electron chi connectivity index (χ1n) is 9.08. The van der Waals surface area contributed by atoms with Crippen molar-refractivity contribution in [3.05, 3.63) is 72.4 Å². The van der Waals surface area contributed by atoms with Crippen LogP contribution >= 0.6 is 0 Å². The molecule has 2 aliphatic rings. The van der Waals surface area contributed by atoms with Gasteiger partial charge in [-0.05, 0) is 35.1 Å².